The van der Waals surface area contributed by atoms with Crippen molar-refractivity contribution in [2.45, 2.75) is 113 Å². The lowest BCUT2D eigenvalue weighted by atomic mass is 9.71. The minimum Gasteiger partial charge on any atom is -0.344 e. The maximum absolute atomic E-state index is 4.39. The fourth-order valence-corrected chi connectivity index (χ4v) is 4.87. The molecular weight excluding hydrogens is 410 g/mol. The quantitative estimate of drug-likeness (QED) is 0.185. The molecule has 1 aliphatic rings. The number of rotatable bonds is 15. The summed E-state index contributed by atoms with van der Waals surface area (Å²) in [6.07, 6.45) is 14.5. The van der Waals surface area contributed by atoms with Crippen molar-refractivity contribution in [1.82, 2.24) is 0 Å². The molecule has 0 radical (unpaired) electrons. The zero-order valence-corrected chi connectivity index (χ0v) is 23.7. The van der Waals surface area contributed by atoms with Crippen LogP contribution in [0.15, 0.2) is 59.8 Å². The summed E-state index contributed by atoms with van der Waals surface area (Å²) in [5.74, 6) is 1.91. The van der Waals surface area contributed by atoms with E-state index in [1.165, 1.54) is 67.3 Å². The second-order valence-corrected chi connectivity index (χ2v) is 11.8. The van der Waals surface area contributed by atoms with Crippen LogP contribution in [0.5, 0.6) is 0 Å². The van der Waals surface area contributed by atoms with E-state index in [-0.39, 0.29) is 0 Å². The molecule has 0 spiro atoms. The Balaban J connectivity index is 2.10. The predicted octanol–water partition coefficient (Wildman–Crippen LogP) is 10.5. The SMILES string of the molecule is C=C(CCCCC(c1ccc(N(C=C2CC2)C/C(C)=C\CC)cc1)C(C)(C)CC)[C@H](C)C(C)C. The van der Waals surface area contributed by atoms with E-state index < -0.39 is 0 Å². The zero-order valence-electron chi connectivity index (χ0n) is 23.7. The molecule has 0 heterocycles. The van der Waals surface area contributed by atoms with Gasteiger partial charge < -0.3 is 4.90 Å². The van der Waals surface area contributed by atoms with E-state index in [0.29, 0.717) is 23.2 Å². The summed E-state index contributed by atoms with van der Waals surface area (Å²) in [7, 11) is 0. The zero-order chi connectivity index (χ0) is 25.3. The van der Waals surface area contributed by atoms with Crippen molar-refractivity contribution >= 4 is 5.69 Å². The van der Waals surface area contributed by atoms with Gasteiger partial charge in [0.1, 0.15) is 0 Å². The van der Waals surface area contributed by atoms with Crippen LogP contribution in [0.1, 0.15) is 118 Å². The van der Waals surface area contributed by atoms with Gasteiger partial charge in [0, 0.05) is 18.4 Å². The van der Waals surface area contributed by atoms with Crippen molar-refractivity contribution in [3.63, 3.8) is 0 Å². The Hall–Kier alpha value is -1.76. The van der Waals surface area contributed by atoms with Gasteiger partial charge in [-0.2, -0.15) is 0 Å². The van der Waals surface area contributed by atoms with Gasteiger partial charge in [0.25, 0.3) is 0 Å². The molecule has 1 aromatic rings. The van der Waals surface area contributed by atoms with Gasteiger partial charge in [0.15, 0.2) is 0 Å². The summed E-state index contributed by atoms with van der Waals surface area (Å²) in [5.41, 5.74) is 7.58. The summed E-state index contributed by atoms with van der Waals surface area (Å²) in [5, 5.41) is 0. The lowest BCUT2D eigenvalue weighted by Gasteiger charge is -2.35. The number of allylic oxidation sites excluding steroid dienone is 3. The van der Waals surface area contributed by atoms with Crippen LogP contribution in [-0.4, -0.2) is 6.54 Å². The molecule has 1 nitrogen and oxygen atoms in total. The lowest BCUT2D eigenvalue weighted by Crippen LogP contribution is -2.22. The number of hydrogen-bond donors (Lipinski definition) is 0. The molecule has 1 fully saturated rings. The molecule has 1 unspecified atom stereocenters. The van der Waals surface area contributed by atoms with Crippen LogP contribution in [-0.2, 0) is 0 Å². The van der Waals surface area contributed by atoms with Crippen molar-refractivity contribution in [3.8, 4) is 0 Å². The standard InChI is InChI=1S/C33H53N/c1-10-14-26(5)23-34(24-29-17-18-29)31-21-19-30(20-22-31)32(33(8,9)11-2)16-13-12-15-27(6)28(7)25(3)4/h14,19-22,24-25,28,32H,6,10-13,15-18,23H2,1-5,7-9H3/b26-14-/t28-,32?/m1/s1. The Morgan fingerprint density at radius 3 is 2.24 bits per heavy atom. The van der Waals surface area contributed by atoms with Crippen molar-refractivity contribution in [3.05, 3.63) is 65.4 Å². The molecule has 2 atom stereocenters. The third kappa shape index (κ3) is 8.79. The van der Waals surface area contributed by atoms with Gasteiger partial charge in [-0.15, -0.1) is 0 Å². The van der Waals surface area contributed by atoms with Crippen LogP contribution in [0, 0.1) is 17.3 Å². The van der Waals surface area contributed by atoms with Crippen molar-refractivity contribution in [1.29, 1.82) is 0 Å². The highest BCUT2D eigenvalue weighted by atomic mass is 15.1. The van der Waals surface area contributed by atoms with E-state index in [4.69, 9.17) is 0 Å². The molecule has 1 aromatic carbocycles. The summed E-state index contributed by atoms with van der Waals surface area (Å²) in [4.78, 5) is 2.45. The molecule has 0 bridgehead atoms. The Kier molecular flexibility index (Phi) is 11.2. The van der Waals surface area contributed by atoms with Crippen molar-refractivity contribution in [2.75, 3.05) is 11.4 Å². The molecule has 0 amide bonds. The first-order valence-corrected chi connectivity index (χ1v) is 14.0. The summed E-state index contributed by atoms with van der Waals surface area (Å²) in [6, 6.07) is 9.54. The predicted molar refractivity (Wildman–Crippen MR) is 154 cm³/mol. The van der Waals surface area contributed by atoms with Gasteiger partial charge in [0.05, 0.1) is 0 Å². The minimum atomic E-state index is 0.305. The van der Waals surface area contributed by atoms with Gasteiger partial charge in [-0.3, -0.25) is 0 Å². The first-order chi connectivity index (χ1) is 16.1. The van der Waals surface area contributed by atoms with Gasteiger partial charge in [0.2, 0.25) is 0 Å². The van der Waals surface area contributed by atoms with Gasteiger partial charge in [-0.25, -0.2) is 0 Å². The molecular formula is C33H53N. The Labute approximate surface area is 212 Å². The average molecular weight is 464 g/mol. The highest BCUT2D eigenvalue weighted by Gasteiger charge is 2.29. The van der Waals surface area contributed by atoms with E-state index in [1.807, 2.05) is 0 Å². The van der Waals surface area contributed by atoms with Gasteiger partial charge in [-0.05, 0) is 86.3 Å². The molecule has 0 N–H and O–H groups in total. The second kappa shape index (κ2) is 13.4. The van der Waals surface area contributed by atoms with Crippen LogP contribution >= 0.6 is 0 Å². The summed E-state index contributed by atoms with van der Waals surface area (Å²) < 4.78 is 0. The Morgan fingerprint density at radius 2 is 1.71 bits per heavy atom. The fourth-order valence-electron chi connectivity index (χ4n) is 4.87. The Morgan fingerprint density at radius 1 is 1.06 bits per heavy atom. The first kappa shape index (κ1) is 28.5. The molecule has 1 heteroatoms. The van der Waals surface area contributed by atoms with Gasteiger partial charge in [-0.1, -0.05) is 103 Å². The Bertz CT molecular complexity index is 815. The van der Waals surface area contributed by atoms with E-state index in [0.717, 1.165) is 13.0 Å². The third-order valence-corrected chi connectivity index (χ3v) is 8.22. The number of benzene rings is 1. The highest BCUT2D eigenvalue weighted by Crippen LogP contribution is 2.42. The van der Waals surface area contributed by atoms with Crippen molar-refractivity contribution in [2.24, 2.45) is 17.3 Å². The van der Waals surface area contributed by atoms with Crippen LogP contribution < -0.4 is 4.90 Å². The summed E-state index contributed by atoms with van der Waals surface area (Å²) >= 11 is 0. The van der Waals surface area contributed by atoms with E-state index in [2.05, 4.69) is 103 Å². The van der Waals surface area contributed by atoms with Gasteiger partial charge >= 0.3 is 0 Å². The van der Waals surface area contributed by atoms with Crippen LogP contribution in [0.4, 0.5) is 5.69 Å². The molecule has 190 valence electrons. The smallest absolute Gasteiger partial charge is 0.0432 e. The number of hydrogen-bond acceptors (Lipinski definition) is 1. The molecule has 1 aliphatic carbocycles. The second-order valence-electron chi connectivity index (χ2n) is 11.8. The van der Waals surface area contributed by atoms with E-state index in [9.17, 15) is 0 Å². The van der Waals surface area contributed by atoms with Crippen LogP contribution in [0.3, 0.4) is 0 Å². The molecule has 34 heavy (non-hydrogen) atoms. The van der Waals surface area contributed by atoms with Crippen molar-refractivity contribution < 1.29 is 0 Å². The number of nitrogens with zero attached hydrogens (tertiary/aromatic N) is 1. The maximum Gasteiger partial charge on any atom is 0.0432 e. The number of unbranched alkanes of at least 4 members (excludes halogenated alkanes) is 1. The third-order valence-electron chi connectivity index (χ3n) is 8.22. The number of anilines is 1. The molecule has 0 aromatic heterocycles. The monoisotopic (exact) mass is 463 g/mol. The molecule has 2 rings (SSSR count). The van der Waals surface area contributed by atoms with Crippen LogP contribution in [0.2, 0.25) is 0 Å². The highest BCUT2D eigenvalue weighted by molar-refractivity contribution is 5.53. The maximum atomic E-state index is 4.39. The first-order valence-electron chi connectivity index (χ1n) is 14.0. The molecule has 1 saturated carbocycles. The largest absolute Gasteiger partial charge is 0.344 e. The normalized spacial score (nSPS) is 15.9. The fraction of sp³-hybridized carbons (Fsp3) is 0.636. The molecule has 0 saturated heterocycles. The summed E-state index contributed by atoms with van der Waals surface area (Å²) in [6.45, 7) is 24.0. The minimum absolute atomic E-state index is 0.305. The topological polar surface area (TPSA) is 3.24 Å². The lowest BCUT2D eigenvalue weighted by molar-refractivity contribution is 0.256. The average Bonchev–Trinajstić information content (AvgIpc) is 3.62. The van der Waals surface area contributed by atoms with E-state index in [1.54, 1.807) is 5.57 Å². The molecule has 0 aliphatic heterocycles. The van der Waals surface area contributed by atoms with E-state index >= 15 is 0 Å². The van der Waals surface area contributed by atoms with Crippen LogP contribution in [0.25, 0.3) is 0 Å².